The van der Waals surface area contributed by atoms with E-state index in [1.54, 1.807) is 31.4 Å². The van der Waals surface area contributed by atoms with Gasteiger partial charge in [0.15, 0.2) is 0 Å². The molecule has 128 valence electrons. The summed E-state index contributed by atoms with van der Waals surface area (Å²) in [5.41, 5.74) is 0.561. The number of thiocarbonyl (C=S) groups is 1. The van der Waals surface area contributed by atoms with Crippen molar-refractivity contribution in [2.75, 3.05) is 38.3 Å². The number of anilines is 1. The third kappa shape index (κ3) is 3.55. The molecular weight excluding hydrogens is 348 g/mol. The molecule has 3 rings (SSSR count). The Bertz CT molecular complexity index is 644. The van der Waals surface area contributed by atoms with Gasteiger partial charge in [0.25, 0.3) is 0 Å². The van der Waals surface area contributed by atoms with E-state index in [-0.39, 0.29) is 18.2 Å². The smallest absolute Gasteiger partial charge is 0.247 e. The molecule has 1 atom stereocenters. The van der Waals surface area contributed by atoms with Gasteiger partial charge in [-0.15, -0.1) is 0 Å². The second-order valence-corrected chi connectivity index (χ2v) is 7.28. The summed E-state index contributed by atoms with van der Waals surface area (Å²) in [4.78, 5) is 28.2. The fourth-order valence-electron chi connectivity index (χ4n) is 2.64. The molecule has 0 saturated carbocycles. The van der Waals surface area contributed by atoms with Crippen LogP contribution in [-0.2, 0) is 14.3 Å². The molecule has 2 saturated heterocycles. The molecule has 2 fully saturated rings. The molecule has 2 heterocycles. The standard InChI is InChI=1S/C16H18N2O4S2/c1-21-12-4-2-11(3-5-12)18-14(19)10-13(15(18)20)24-16(23)17-6-8-22-9-7-17/h2-5,13H,6-10H2,1H3/t13-/m1/s1. The van der Waals surface area contributed by atoms with Gasteiger partial charge in [-0.25, -0.2) is 4.90 Å². The Labute approximate surface area is 150 Å². The van der Waals surface area contributed by atoms with Crippen LogP contribution >= 0.6 is 24.0 Å². The highest BCUT2D eigenvalue weighted by Crippen LogP contribution is 2.32. The van der Waals surface area contributed by atoms with Gasteiger partial charge in [0.2, 0.25) is 11.8 Å². The van der Waals surface area contributed by atoms with Gasteiger partial charge in [-0.2, -0.15) is 0 Å². The number of carbonyl (C=O) groups is 2. The lowest BCUT2D eigenvalue weighted by Crippen LogP contribution is -2.39. The van der Waals surface area contributed by atoms with Crippen LogP contribution in [0.15, 0.2) is 24.3 Å². The number of carbonyl (C=O) groups excluding carboxylic acids is 2. The van der Waals surface area contributed by atoms with Crippen LogP contribution in [0, 0.1) is 0 Å². The van der Waals surface area contributed by atoms with E-state index in [2.05, 4.69) is 0 Å². The molecule has 2 aliphatic heterocycles. The predicted molar refractivity (Wildman–Crippen MR) is 96.5 cm³/mol. The van der Waals surface area contributed by atoms with Crippen LogP contribution in [0.25, 0.3) is 0 Å². The number of nitrogens with zero attached hydrogens (tertiary/aromatic N) is 2. The van der Waals surface area contributed by atoms with Crippen LogP contribution in [0.5, 0.6) is 5.75 Å². The molecule has 0 bridgehead atoms. The van der Waals surface area contributed by atoms with Crippen molar-refractivity contribution in [3.8, 4) is 5.75 Å². The summed E-state index contributed by atoms with van der Waals surface area (Å²) in [6, 6.07) is 6.88. The van der Waals surface area contributed by atoms with Crippen molar-refractivity contribution in [3.63, 3.8) is 0 Å². The van der Waals surface area contributed by atoms with Crippen molar-refractivity contribution in [2.45, 2.75) is 11.7 Å². The summed E-state index contributed by atoms with van der Waals surface area (Å²) in [5, 5.41) is -0.463. The Morgan fingerprint density at radius 2 is 1.92 bits per heavy atom. The van der Waals surface area contributed by atoms with Gasteiger partial charge in [-0.3, -0.25) is 9.59 Å². The first-order valence-electron chi connectivity index (χ1n) is 7.64. The highest BCUT2D eigenvalue weighted by molar-refractivity contribution is 8.23. The number of hydrogen-bond donors (Lipinski definition) is 0. The number of hydrogen-bond acceptors (Lipinski definition) is 6. The quantitative estimate of drug-likeness (QED) is 0.596. The van der Waals surface area contributed by atoms with Crippen LogP contribution < -0.4 is 9.64 Å². The molecule has 2 aliphatic rings. The summed E-state index contributed by atoms with van der Waals surface area (Å²) >= 11 is 6.72. The maximum atomic E-state index is 12.6. The number of thioether (sulfide) groups is 1. The van der Waals surface area contributed by atoms with E-state index in [0.29, 0.717) is 29.0 Å². The minimum Gasteiger partial charge on any atom is -0.497 e. The second kappa shape index (κ2) is 7.50. The van der Waals surface area contributed by atoms with Crippen LogP contribution in [0.3, 0.4) is 0 Å². The molecule has 0 radical (unpaired) electrons. The van der Waals surface area contributed by atoms with Crippen molar-refractivity contribution in [2.24, 2.45) is 0 Å². The van der Waals surface area contributed by atoms with Crippen LogP contribution in [0.2, 0.25) is 0 Å². The molecule has 0 N–H and O–H groups in total. The molecule has 1 aromatic carbocycles. The fourth-order valence-corrected chi connectivity index (χ4v) is 4.18. The lowest BCUT2D eigenvalue weighted by atomic mass is 10.3. The molecule has 8 heteroatoms. The first-order valence-corrected chi connectivity index (χ1v) is 8.93. The van der Waals surface area contributed by atoms with Crippen LogP contribution in [0.1, 0.15) is 6.42 Å². The Balaban J connectivity index is 1.67. The van der Waals surface area contributed by atoms with E-state index >= 15 is 0 Å². The Kier molecular flexibility index (Phi) is 5.37. The van der Waals surface area contributed by atoms with E-state index in [1.165, 1.54) is 16.7 Å². The summed E-state index contributed by atoms with van der Waals surface area (Å²) in [6.45, 7) is 2.72. The zero-order chi connectivity index (χ0) is 17.1. The maximum Gasteiger partial charge on any atom is 0.247 e. The van der Waals surface area contributed by atoms with Gasteiger partial charge in [0.05, 0.1) is 26.0 Å². The average Bonchev–Trinajstić information content (AvgIpc) is 2.89. The number of morpholine rings is 1. The van der Waals surface area contributed by atoms with Gasteiger partial charge >= 0.3 is 0 Å². The van der Waals surface area contributed by atoms with E-state index in [9.17, 15) is 9.59 Å². The van der Waals surface area contributed by atoms with Crippen molar-refractivity contribution < 1.29 is 19.1 Å². The Hall–Kier alpha value is -1.64. The SMILES string of the molecule is COc1ccc(N2C(=O)C[C@@H](SC(=S)N3CCOCC3)C2=O)cc1. The molecule has 0 spiro atoms. The first-order chi connectivity index (χ1) is 11.6. The first kappa shape index (κ1) is 17.2. The zero-order valence-corrected chi connectivity index (χ0v) is 14.9. The number of rotatable bonds is 3. The van der Waals surface area contributed by atoms with Crippen molar-refractivity contribution in [3.05, 3.63) is 24.3 Å². The normalized spacial score (nSPS) is 21.3. The number of ether oxygens (including phenoxy) is 2. The molecule has 0 aliphatic carbocycles. The molecule has 24 heavy (non-hydrogen) atoms. The van der Waals surface area contributed by atoms with E-state index in [1.807, 2.05) is 4.90 Å². The Morgan fingerprint density at radius 3 is 2.54 bits per heavy atom. The number of methoxy groups -OCH3 is 1. The topological polar surface area (TPSA) is 59.1 Å². The highest BCUT2D eigenvalue weighted by atomic mass is 32.2. The Morgan fingerprint density at radius 1 is 1.25 bits per heavy atom. The average molecular weight is 366 g/mol. The van der Waals surface area contributed by atoms with E-state index in [4.69, 9.17) is 21.7 Å². The van der Waals surface area contributed by atoms with Crippen molar-refractivity contribution in [1.29, 1.82) is 0 Å². The van der Waals surface area contributed by atoms with E-state index in [0.717, 1.165) is 13.1 Å². The lowest BCUT2D eigenvalue weighted by molar-refractivity contribution is -0.121. The highest BCUT2D eigenvalue weighted by Gasteiger charge is 2.41. The second-order valence-electron chi connectivity index (χ2n) is 5.44. The third-order valence-electron chi connectivity index (χ3n) is 3.95. The molecule has 0 aromatic heterocycles. The number of benzene rings is 1. The van der Waals surface area contributed by atoms with Gasteiger partial charge in [0.1, 0.15) is 15.3 Å². The largest absolute Gasteiger partial charge is 0.497 e. The molecule has 0 unspecified atom stereocenters. The number of imide groups is 1. The zero-order valence-electron chi connectivity index (χ0n) is 13.3. The minimum atomic E-state index is -0.463. The van der Waals surface area contributed by atoms with Crippen LogP contribution in [0.4, 0.5) is 5.69 Å². The predicted octanol–water partition coefficient (Wildman–Crippen LogP) is 1.68. The minimum absolute atomic E-state index is 0.167. The summed E-state index contributed by atoms with van der Waals surface area (Å²) in [5.74, 6) is 0.260. The van der Waals surface area contributed by atoms with Gasteiger partial charge < -0.3 is 14.4 Å². The molecular formula is C16H18N2O4S2. The fraction of sp³-hybridized carbons (Fsp3) is 0.438. The number of amides is 2. The maximum absolute atomic E-state index is 12.6. The van der Waals surface area contributed by atoms with Crippen molar-refractivity contribution in [1.82, 2.24) is 4.90 Å². The van der Waals surface area contributed by atoms with Gasteiger partial charge in [0, 0.05) is 19.5 Å². The molecule has 6 nitrogen and oxygen atoms in total. The summed E-state index contributed by atoms with van der Waals surface area (Å²) in [7, 11) is 1.57. The summed E-state index contributed by atoms with van der Waals surface area (Å²) < 4.78 is 11.1. The molecule has 2 amide bonds. The molecule has 1 aromatic rings. The lowest BCUT2D eigenvalue weighted by Gasteiger charge is -2.29. The van der Waals surface area contributed by atoms with E-state index < -0.39 is 5.25 Å². The van der Waals surface area contributed by atoms with Gasteiger partial charge in [-0.05, 0) is 24.3 Å². The van der Waals surface area contributed by atoms with Gasteiger partial charge in [-0.1, -0.05) is 24.0 Å². The monoisotopic (exact) mass is 366 g/mol. The third-order valence-corrected chi connectivity index (χ3v) is 5.61. The van der Waals surface area contributed by atoms with Crippen molar-refractivity contribution >= 4 is 45.8 Å². The van der Waals surface area contributed by atoms with Crippen LogP contribution in [-0.4, -0.2) is 59.7 Å². The summed E-state index contributed by atoms with van der Waals surface area (Å²) in [6.07, 6.45) is 0.167.